The molecule has 1 aromatic carbocycles. The Kier molecular flexibility index (Phi) is 5.28. The van der Waals surface area contributed by atoms with Gasteiger partial charge in [0.2, 0.25) is 5.91 Å². The summed E-state index contributed by atoms with van der Waals surface area (Å²) in [5, 5.41) is 3.23. The van der Waals surface area contributed by atoms with Crippen molar-refractivity contribution in [1.82, 2.24) is 10.2 Å². The number of carbonyl (C=O) groups is 1. The summed E-state index contributed by atoms with van der Waals surface area (Å²) in [5.41, 5.74) is 0.772. The maximum atomic E-state index is 13.9. The van der Waals surface area contributed by atoms with E-state index in [1.54, 1.807) is 6.07 Å². The molecule has 1 aromatic rings. The van der Waals surface area contributed by atoms with Gasteiger partial charge in [0.05, 0.1) is 13.2 Å². The van der Waals surface area contributed by atoms with Crippen LogP contribution in [-0.4, -0.2) is 49.2 Å². The third-order valence-electron chi connectivity index (χ3n) is 6.49. The van der Waals surface area contributed by atoms with Crippen molar-refractivity contribution in [2.75, 3.05) is 32.8 Å². The van der Waals surface area contributed by atoms with Crippen molar-refractivity contribution in [3.8, 4) is 0 Å². The highest BCUT2D eigenvalue weighted by Crippen LogP contribution is 2.48. The van der Waals surface area contributed by atoms with E-state index in [1.165, 1.54) is 25.3 Å². The van der Waals surface area contributed by atoms with E-state index in [0.29, 0.717) is 12.1 Å². The second kappa shape index (κ2) is 7.65. The fraction of sp³-hybridized carbons (Fsp3) is 0.667. The Morgan fingerprint density at radius 2 is 1.92 bits per heavy atom. The van der Waals surface area contributed by atoms with Gasteiger partial charge in [0.15, 0.2) is 0 Å². The smallest absolute Gasteiger partial charge is 0.223 e. The van der Waals surface area contributed by atoms with Crippen LogP contribution in [0.4, 0.5) is 4.39 Å². The number of carbonyl (C=O) groups excluding carboxylic acids is 1. The Morgan fingerprint density at radius 3 is 2.65 bits per heavy atom. The van der Waals surface area contributed by atoms with Gasteiger partial charge in [0, 0.05) is 31.1 Å². The second-order valence-corrected chi connectivity index (χ2v) is 8.07. The van der Waals surface area contributed by atoms with Gasteiger partial charge in [-0.2, -0.15) is 0 Å². The van der Waals surface area contributed by atoms with Crippen LogP contribution >= 0.6 is 0 Å². The first-order valence-corrected chi connectivity index (χ1v) is 10.0. The van der Waals surface area contributed by atoms with Crippen LogP contribution in [-0.2, 0) is 9.53 Å². The monoisotopic (exact) mass is 360 g/mol. The highest BCUT2D eigenvalue weighted by molar-refractivity contribution is 5.83. The molecule has 2 atom stereocenters. The van der Waals surface area contributed by atoms with Crippen molar-refractivity contribution < 1.29 is 13.9 Å². The maximum absolute atomic E-state index is 13.9. The summed E-state index contributed by atoms with van der Waals surface area (Å²) in [6.45, 7) is 4.20. The van der Waals surface area contributed by atoms with Crippen LogP contribution in [0.2, 0.25) is 0 Å². The summed E-state index contributed by atoms with van der Waals surface area (Å²) in [7, 11) is 0. The van der Waals surface area contributed by atoms with Gasteiger partial charge in [0.1, 0.15) is 5.82 Å². The number of nitrogens with one attached hydrogen (secondary N) is 1. The van der Waals surface area contributed by atoms with Crippen molar-refractivity contribution in [3.05, 3.63) is 35.6 Å². The van der Waals surface area contributed by atoms with Gasteiger partial charge >= 0.3 is 0 Å². The maximum Gasteiger partial charge on any atom is 0.223 e. The summed E-state index contributed by atoms with van der Waals surface area (Å²) in [6, 6.07) is 6.84. The molecule has 0 aromatic heterocycles. The first kappa shape index (κ1) is 17.9. The van der Waals surface area contributed by atoms with E-state index in [9.17, 15) is 9.18 Å². The van der Waals surface area contributed by atoms with Crippen molar-refractivity contribution >= 4 is 5.91 Å². The summed E-state index contributed by atoms with van der Waals surface area (Å²) in [4.78, 5) is 15.2. The lowest BCUT2D eigenvalue weighted by molar-refractivity contribution is -0.123. The summed E-state index contributed by atoms with van der Waals surface area (Å²) < 4.78 is 19.5. The van der Waals surface area contributed by atoms with Gasteiger partial charge in [0.25, 0.3) is 0 Å². The molecule has 2 unspecified atom stereocenters. The Hall–Kier alpha value is -1.46. The van der Waals surface area contributed by atoms with E-state index < -0.39 is 0 Å². The fourth-order valence-corrected chi connectivity index (χ4v) is 4.84. The molecule has 1 N–H and O–H groups in total. The van der Waals surface area contributed by atoms with E-state index in [-0.39, 0.29) is 29.1 Å². The molecule has 1 saturated heterocycles. The predicted molar refractivity (Wildman–Crippen MR) is 98.5 cm³/mol. The molecule has 2 saturated carbocycles. The van der Waals surface area contributed by atoms with E-state index in [2.05, 4.69) is 10.2 Å². The van der Waals surface area contributed by atoms with Crippen LogP contribution in [0.3, 0.4) is 0 Å². The third kappa shape index (κ3) is 3.65. The molecule has 1 aliphatic heterocycles. The van der Waals surface area contributed by atoms with Gasteiger partial charge in [-0.1, -0.05) is 37.5 Å². The lowest BCUT2D eigenvalue weighted by Gasteiger charge is -2.48. The number of rotatable bonds is 5. The minimum absolute atomic E-state index is 0.0434. The number of benzene rings is 1. The highest BCUT2D eigenvalue weighted by Gasteiger charge is 2.46. The van der Waals surface area contributed by atoms with E-state index in [1.807, 2.05) is 12.1 Å². The zero-order valence-electron chi connectivity index (χ0n) is 15.4. The van der Waals surface area contributed by atoms with E-state index in [4.69, 9.17) is 4.74 Å². The number of hydrogen-bond acceptors (Lipinski definition) is 3. The van der Waals surface area contributed by atoms with Crippen molar-refractivity contribution in [3.63, 3.8) is 0 Å². The van der Waals surface area contributed by atoms with E-state index in [0.717, 1.165) is 45.6 Å². The van der Waals surface area contributed by atoms with Crippen molar-refractivity contribution in [2.24, 2.45) is 5.92 Å². The molecule has 3 fully saturated rings. The van der Waals surface area contributed by atoms with Gasteiger partial charge < -0.3 is 10.1 Å². The molecule has 2 aliphatic carbocycles. The molecular weight excluding hydrogens is 331 g/mol. The van der Waals surface area contributed by atoms with Gasteiger partial charge in [-0.25, -0.2) is 4.39 Å². The highest BCUT2D eigenvalue weighted by atomic mass is 19.1. The summed E-state index contributed by atoms with van der Waals surface area (Å²) in [6.07, 6.45) is 6.81. The quantitative estimate of drug-likeness (QED) is 0.877. The number of morpholine rings is 1. The van der Waals surface area contributed by atoms with Crippen LogP contribution in [0.1, 0.15) is 50.0 Å². The van der Waals surface area contributed by atoms with Crippen molar-refractivity contribution in [1.29, 1.82) is 0 Å². The minimum Gasteiger partial charge on any atom is -0.379 e. The van der Waals surface area contributed by atoms with Crippen LogP contribution in [0.25, 0.3) is 0 Å². The predicted octanol–water partition coefficient (Wildman–Crippen LogP) is 3.08. The SMILES string of the molecule is O=C(NCC1(N2CCOCC2)CCCCC1)C1CC1c1ccccc1F. The molecule has 0 radical (unpaired) electrons. The second-order valence-electron chi connectivity index (χ2n) is 8.07. The Morgan fingerprint density at radius 1 is 1.19 bits per heavy atom. The van der Waals surface area contributed by atoms with E-state index >= 15 is 0 Å². The fourth-order valence-electron chi connectivity index (χ4n) is 4.84. The molecule has 4 nitrogen and oxygen atoms in total. The zero-order chi connectivity index (χ0) is 18.0. The number of halogens is 1. The molecule has 1 heterocycles. The Balaban J connectivity index is 1.37. The molecule has 4 rings (SSSR count). The minimum atomic E-state index is -0.190. The summed E-state index contributed by atoms with van der Waals surface area (Å²) >= 11 is 0. The molecule has 142 valence electrons. The first-order valence-electron chi connectivity index (χ1n) is 10.0. The van der Waals surface area contributed by atoms with Crippen LogP contribution in [0.15, 0.2) is 24.3 Å². The molecule has 1 amide bonds. The van der Waals surface area contributed by atoms with Gasteiger partial charge in [-0.3, -0.25) is 9.69 Å². The topological polar surface area (TPSA) is 41.6 Å². The third-order valence-corrected chi connectivity index (χ3v) is 6.49. The molecular formula is C21H29FN2O2. The average molecular weight is 360 g/mol. The Bertz CT molecular complexity index is 639. The molecule has 5 heteroatoms. The average Bonchev–Trinajstić information content (AvgIpc) is 3.49. The van der Waals surface area contributed by atoms with Gasteiger partial charge in [-0.05, 0) is 36.8 Å². The lowest BCUT2D eigenvalue weighted by atomic mass is 9.79. The Labute approximate surface area is 155 Å². The number of nitrogens with zero attached hydrogens (tertiary/aromatic N) is 1. The molecule has 0 bridgehead atoms. The standard InChI is InChI=1S/C21H29FN2O2/c22-19-7-3-2-6-16(19)17-14-18(17)20(25)23-15-21(8-4-1-5-9-21)24-10-12-26-13-11-24/h2-3,6-7,17-18H,1,4-5,8-15H2,(H,23,25). The molecule has 0 spiro atoms. The molecule has 26 heavy (non-hydrogen) atoms. The number of hydrogen-bond donors (Lipinski definition) is 1. The van der Waals surface area contributed by atoms with Gasteiger partial charge in [-0.15, -0.1) is 0 Å². The van der Waals surface area contributed by atoms with Crippen LogP contribution in [0.5, 0.6) is 0 Å². The normalized spacial score (nSPS) is 28.5. The summed E-state index contributed by atoms with van der Waals surface area (Å²) in [5.74, 6) is -0.125. The largest absolute Gasteiger partial charge is 0.379 e. The lowest BCUT2D eigenvalue weighted by Crippen LogP contribution is -2.59. The number of ether oxygens (including phenoxy) is 1. The molecule has 3 aliphatic rings. The zero-order valence-corrected chi connectivity index (χ0v) is 15.4. The van der Waals surface area contributed by atoms with Crippen LogP contribution in [0, 0.1) is 11.7 Å². The first-order chi connectivity index (χ1) is 12.7. The number of amides is 1. The van der Waals surface area contributed by atoms with Crippen LogP contribution < -0.4 is 5.32 Å². The van der Waals surface area contributed by atoms with Crippen molar-refractivity contribution in [2.45, 2.75) is 50.0 Å².